The van der Waals surface area contributed by atoms with Crippen molar-refractivity contribution in [2.24, 2.45) is 5.92 Å². The van der Waals surface area contributed by atoms with Crippen molar-refractivity contribution in [1.82, 2.24) is 19.9 Å². The number of carbonyl (C=O) groups is 1. The third kappa shape index (κ3) is 5.70. The highest BCUT2D eigenvalue weighted by Gasteiger charge is 2.24. The first-order valence-electron chi connectivity index (χ1n) is 10.4. The molecule has 3 aromatic rings. The number of nitrogens with zero attached hydrogens (tertiary/aromatic N) is 4. The Morgan fingerprint density at radius 1 is 1.19 bits per heavy atom. The molecule has 1 fully saturated rings. The van der Waals surface area contributed by atoms with Gasteiger partial charge >= 0.3 is 6.03 Å². The van der Waals surface area contributed by atoms with Gasteiger partial charge in [0.2, 0.25) is 5.88 Å². The molecule has 4 rings (SSSR count). The van der Waals surface area contributed by atoms with E-state index in [-0.39, 0.29) is 11.9 Å². The summed E-state index contributed by atoms with van der Waals surface area (Å²) in [7, 11) is 0. The summed E-state index contributed by atoms with van der Waals surface area (Å²) in [5.41, 5.74) is 3.18. The number of halogens is 1. The van der Waals surface area contributed by atoms with Gasteiger partial charge in [0.1, 0.15) is 5.75 Å². The van der Waals surface area contributed by atoms with Crippen LogP contribution in [0.25, 0.3) is 6.08 Å². The molecule has 0 saturated carbocycles. The summed E-state index contributed by atoms with van der Waals surface area (Å²) in [6, 6.07) is 11.5. The maximum atomic E-state index is 12.6. The van der Waals surface area contributed by atoms with Crippen LogP contribution < -0.4 is 10.1 Å². The Bertz CT molecular complexity index is 1120. The standard InChI is InChI=1S/C24H24BrN5O2/c1-16-15-30(24(31)29-22-14-26-17(2)12-27-22)9-8-19(16)10-18-4-3-5-21(11-18)32-23-7-6-20(25)13-28-23/h3-7,10-14,16H,8-9,15H2,1-2H3,(H,27,29,31)/b19-10+. The van der Waals surface area contributed by atoms with Gasteiger partial charge in [0.15, 0.2) is 5.82 Å². The third-order valence-electron chi connectivity index (χ3n) is 5.23. The van der Waals surface area contributed by atoms with Gasteiger partial charge in [-0.3, -0.25) is 10.3 Å². The molecule has 0 bridgehead atoms. The number of ether oxygens (including phenoxy) is 1. The second-order valence-electron chi connectivity index (χ2n) is 7.78. The van der Waals surface area contributed by atoms with E-state index >= 15 is 0 Å². The zero-order chi connectivity index (χ0) is 22.5. The molecular formula is C24H24BrN5O2. The normalized spacial score (nSPS) is 17.3. The monoisotopic (exact) mass is 493 g/mol. The molecule has 2 amide bonds. The number of anilines is 1. The number of hydrogen-bond donors (Lipinski definition) is 1. The third-order valence-corrected chi connectivity index (χ3v) is 5.70. The van der Waals surface area contributed by atoms with E-state index < -0.39 is 0 Å². The predicted octanol–water partition coefficient (Wildman–Crippen LogP) is 5.69. The first-order valence-corrected chi connectivity index (χ1v) is 11.2. The Hall–Kier alpha value is -3.26. The SMILES string of the molecule is Cc1cnc(NC(=O)N2CC/C(=C\c3cccc(Oc4ccc(Br)cn4)c3)C(C)C2)cn1. The summed E-state index contributed by atoms with van der Waals surface area (Å²) in [6.45, 7) is 5.30. The number of amides is 2. The van der Waals surface area contributed by atoms with Crippen LogP contribution in [0.4, 0.5) is 10.6 Å². The van der Waals surface area contributed by atoms with Crippen LogP contribution in [0.1, 0.15) is 24.6 Å². The fourth-order valence-corrected chi connectivity index (χ4v) is 3.75. The molecule has 0 spiro atoms. The quantitative estimate of drug-likeness (QED) is 0.504. The summed E-state index contributed by atoms with van der Waals surface area (Å²) in [4.78, 5) is 27.0. The molecule has 32 heavy (non-hydrogen) atoms. The van der Waals surface area contributed by atoms with Crippen molar-refractivity contribution in [3.63, 3.8) is 0 Å². The van der Waals surface area contributed by atoms with Crippen LogP contribution in [0.15, 0.2) is 65.0 Å². The van der Waals surface area contributed by atoms with Crippen molar-refractivity contribution in [2.45, 2.75) is 20.3 Å². The van der Waals surface area contributed by atoms with Crippen LogP contribution >= 0.6 is 15.9 Å². The van der Waals surface area contributed by atoms with Gasteiger partial charge in [-0.15, -0.1) is 0 Å². The first-order chi connectivity index (χ1) is 15.5. The van der Waals surface area contributed by atoms with Gasteiger partial charge in [-0.05, 0) is 59.0 Å². The Labute approximate surface area is 195 Å². The highest BCUT2D eigenvalue weighted by atomic mass is 79.9. The largest absolute Gasteiger partial charge is 0.439 e. The van der Waals surface area contributed by atoms with Crippen LogP contribution in [0.3, 0.4) is 0 Å². The molecular weight excluding hydrogens is 470 g/mol. The Balaban J connectivity index is 1.38. The zero-order valence-corrected chi connectivity index (χ0v) is 19.5. The van der Waals surface area contributed by atoms with Gasteiger partial charge in [0.05, 0.1) is 18.1 Å². The lowest BCUT2D eigenvalue weighted by Crippen LogP contribution is -2.42. The lowest BCUT2D eigenvalue weighted by atomic mass is 9.91. The van der Waals surface area contributed by atoms with E-state index in [2.05, 4.69) is 55.3 Å². The minimum absolute atomic E-state index is 0.147. The summed E-state index contributed by atoms with van der Waals surface area (Å²) in [6.07, 6.45) is 7.92. The lowest BCUT2D eigenvalue weighted by molar-refractivity contribution is 0.197. The van der Waals surface area contributed by atoms with Crippen molar-refractivity contribution < 1.29 is 9.53 Å². The average molecular weight is 494 g/mol. The van der Waals surface area contributed by atoms with Crippen molar-refractivity contribution in [3.05, 3.63) is 76.3 Å². The van der Waals surface area contributed by atoms with E-state index in [1.165, 1.54) is 5.57 Å². The van der Waals surface area contributed by atoms with Gasteiger partial charge < -0.3 is 9.64 Å². The number of aryl methyl sites for hydroxylation is 1. The van der Waals surface area contributed by atoms with E-state index in [0.29, 0.717) is 24.8 Å². The van der Waals surface area contributed by atoms with Gasteiger partial charge in [-0.2, -0.15) is 0 Å². The smallest absolute Gasteiger partial charge is 0.323 e. The Kier molecular flexibility index (Phi) is 6.80. The van der Waals surface area contributed by atoms with Crippen molar-refractivity contribution >= 4 is 33.9 Å². The molecule has 164 valence electrons. The summed E-state index contributed by atoms with van der Waals surface area (Å²) >= 11 is 3.38. The maximum Gasteiger partial charge on any atom is 0.323 e. The molecule has 8 heteroatoms. The number of aromatic nitrogens is 3. The lowest BCUT2D eigenvalue weighted by Gasteiger charge is -2.33. The molecule has 1 N–H and O–H groups in total. The minimum atomic E-state index is -0.147. The Morgan fingerprint density at radius 2 is 2.06 bits per heavy atom. The van der Waals surface area contributed by atoms with E-state index in [4.69, 9.17) is 4.74 Å². The van der Waals surface area contributed by atoms with Crippen LogP contribution in [0, 0.1) is 12.8 Å². The van der Waals surface area contributed by atoms with Gasteiger partial charge in [-0.25, -0.2) is 14.8 Å². The number of urea groups is 1. The second kappa shape index (κ2) is 9.91. The molecule has 0 aliphatic carbocycles. The number of benzene rings is 1. The number of rotatable bonds is 4. The summed E-state index contributed by atoms with van der Waals surface area (Å²) in [5, 5.41) is 2.83. The summed E-state index contributed by atoms with van der Waals surface area (Å²) < 4.78 is 6.78. The zero-order valence-electron chi connectivity index (χ0n) is 18.0. The molecule has 1 saturated heterocycles. The molecule has 7 nitrogen and oxygen atoms in total. The molecule has 1 atom stereocenters. The van der Waals surface area contributed by atoms with Crippen LogP contribution in [-0.4, -0.2) is 39.0 Å². The number of likely N-dealkylation sites (tertiary alicyclic amines) is 1. The van der Waals surface area contributed by atoms with E-state index in [1.807, 2.05) is 42.2 Å². The maximum absolute atomic E-state index is 12.6. The van der Waals surface area contributed by atoms with Gasteiger partial charge in [-0.1, -0.05) is 30.7 Å². The molecule has 3 heterocycles. The van der Waals surface area contributed by atoms with E-state index in [1.54, 1.807) is 18.6 Å². The second-order valence-corrected chi connectivity index (χ2v) is 8.69. The number of piperidine rings is 1. The molecule has 2 aromatic heterocycles. The predicted molar refractivity (Wildman–Crippen MR) is 128 cm³/mol. The highest BCUT2D eigenvalue weighted by molar-refractivity contribution is 9.10. The Morgan fingerprint density at radius 3 is 2.78 bits per heavy atom. The average Bonchev–Trinajstić information content (AvgIpc) is 2.78. The van der Waals surface area contributed by atoms with E-state index in [0.717, 1.165) is 27.9 Å². The number of carbonyl (C=O) groups excluding carboxylic acids is 1. The van der Waals surface area contributed by atoms with Crippen LogP contribution in [0.2, 0.25) is 0 Å². The fraction of sp³-hybridized carbons (Fsp3) is 0.250. The minimum Gasteiger partial charge on any atom is -0.439 e. The molecule has 1 unspecified atom stereocenters. The topological polar surface area (TPSA) is 80.2 Å². The molecule has 1 aliphatic heterocycles. The van der Waals surface area contributed by atoms with Crippen LogP contribution in [0.5, 0.6) is 11.6 Å². The van der Waals surface area contributed by atoms with E-state index in [9.17, 15) is 4.79 Å². The fourth-order valence-electron chi connectivity index (χ4n) is 3.52. The molecule has 1 aliphatic rings. The van der Waals surface area contributed by atoms with Gasteiger partial charge in [0, 0.05) is 29.8 Å². The number of hydrogen-bond acceptors (Lipinski definition) is 5. The highest BCUT2D eigenvalue weighted by Crippen LogP contribution is 2.27. The first kappa shape index (κ1) is 22.0. The summed E-state index contributed by atoms with van der Waals surface area (Å²) in [5.74, 6) is 1.99. The molecule has 0 radical (unpaired) electrons. The van der Waals surface area contributed by atoms with Crippen molar-refractivity contribution in [1.29, 1.82) is 0 Å². The number of nitrogens with one attached hydrogen (secondary N) is 1. The van der Waals surface area contributed by atoms with Gasteiger partial charge in [0.25, 0.3) is 0 Å². The van der Waals surface area contributed by atoms with Crippen molar-refractivity contribution in [3.8, 4) is 11.6 Å². The molecule has 1 aromatic carbocycles. The van der Waals surface area contributed by atoms with Crippen molar-refractivity contribution in [2.75, 3.05) is 18.4 Å². The number of pyridine rings is 1. The van der Waals surface area contributed by atoms with Crippen LogP contribution in [-0.2, 0) is 0 Å².